The number of imide groups is 2. The Bertz CT molecular complexity index is 2320. The maximum Gasteiger partial charge on any atom is 0.270 e. The summed E-state index contributed by atoms with van der Waals surface area (Å²) in [6.07, 6.45) is 1.43. The van der Waals surface area contributed by atoms with E-state index < -0.39 is 65.8 Å². The summed E-state index contributed by atoms with van der Waals surface area (Å²) in [4.78, 5) is 77.4. The van der Waals surface area contributed by atoms with E-state index >= 15 is 0 Å². The zero-order chi connectivity index (χ0) is 41.9. The first kappa shape index (κ1) is 43.0. The summed E-state index contributed by atoms with van der Waals surface area (Å²) >= 11 is 0. The van der Waals surface area contributed by atoms with Crippen molar-refractivity contribution in [2.24, 2.45) is 0 Å². The summed E-state index contributed by atoms with van der Waals surface area (Å²) in [5, 5.41) is 31.0. The Kier molecular flexibility index (Phi) is 13.0. The van der Waals surface area contributed by atoms with Gasteiger partial charge in [-0.15, -0.1) is 0 Å². The van der Waals surface area contributed by atoms with Gasteiger partial charge in [0.1, 0.15) is 0 Å². The number of rotatable bonds is 11. The molecule has 0 aliphatic carbocycles. The summed E-state index contributed by atoms with van der Waals surface area (Å²) in [5.74, 6) is -2.15. The topological polar surface area (TPSA) is 294 Å². The number of nitrogens with one attached hydrogen (secondary N) is 2. The van der Waals surface area contributed by atoms with Crippen molar-refractivity contribution in [3.8, 4) is 0 Å². The highest BCUT2D eigenvalue weighted by molar-refractivity contribution is 7.85. The molecule has 22 heteroatoms. The second-order valence-electron chi connectivity index (χ2n) is 12.8. The molecule has 4 aromatic rings. The van der Waals surface area contributed by atoms with Crippen LogP contribution in [-0.2, 0) is 20.2 Å². The summed E-state index contributed by atoms with van der Waals surface area (Å²) in [5.41, 5.74) is 0.363. The number of hydrogen-bond acceptors (Lipinski definition) is 14. The summed E-state index contributed by atoms with van der Waals surface area (Å²) in [6.45, 7) is 4.74. The Morgan fingerprint density at radius 1 is 0.607 bits per heavy atom. The van der Waals surface area contributed by atoms with Crippen molar-refractivity contribution in [1.82, 2.24) is 20.4 Å². The number of amides is 4. The molecule has 2 aliphatic heterocycles. The maximum atomic E-state index is 13.4. The molecule has 0 spiro atoms. The predicted octanol–water partition coefficient (Wildman–Crippen LogP) is 2.67. The Morgan fingerprint density at radius 3 is 1.21 bits per heavy atom. The Labute approximate surface area is 319 Å². The SMILES string of the molecule is CS(=O)(=O)O.CS(=O)(=O)O.C[C@H](CNCCNC[C@@H](C)N1C(=O)c2cccc3cc([N+](=O)[O-])cc(c23)C1=O)N1C(=O)c2cccc3cc([N+](=O)[O-])cc(c23)C1=O. The maximum absolute atomic E-state index is 13.4. The highest BCUT2D eigenvalue weighted by Gasteiger charge is 2.38. The first-order valence-corrected chi connectivity index (χ1v) is 20.1. The van der Waals surface area contributed by atoms with Gasteiger partial charge in [-0.3, -0.25) is 58.3 Å². The van der Waals surface area contributed by atoms with Crippen molar-refractivity contribution in [3.63, 3.8) is 0 Å². The molecule has 2 aliphatic rings. The van der Waals surface area contributed by atoms with Crippen molar-refractivity contribution in [1.29, 1.82) is 0 Å². The van der Waals surface area contributed by atoms with E-state index in [0.29, 0.717) is 58.3 Å². The van der Waals surface area contributed by atoms with Crippen LogP contribution in [0.25, 0.3) is 21.5 Å². The van der Waals surface area contributed by atoms with Crippen LogP contribution < -0.4 is 10.6 Å². The molecule has 0 saturated heterocycles. The van der Waals surface area contributed by atoms with Crippen molar-refractivity contribution in [3.05, 3.63) is 103 Å². The first-order valence-electron chi connectivity index (χ1n) is 16.4. The third-order valence-corrected chi connectivity index (χ3v) is 8.38. The predicted molar refractivity (Wildman–Crippen MR) is 202 cm³/mol. The largest absolute Gasteiger partial charge is 0.313 e. The molecule has 0 unspecified atom stereocenters. The lowest BCUT2D eigenvalue weighted by Crippen LogP contribution is -2.51. The van der Waals surface area contributed by atoms with Crippen molar-refractivity contribution < 1.29 is 55.0 Å². The number of hydrogen-bond donors (Lipinski definition) is 4. The summed E-state index contributed by atoms with van der Waals surface area (Å²) < 4.78 is 51.7. The molecule has 20 nitrogen and oxygen atoms in total. The van der Waals surface area contributed by atoms with Crippen LogP contribution in [0.5, 0.6) is 0 Å². The average molecular weight is 817 g/mol. The van der Waals surface area contributed by atoms with Crippen LogP contribution in [0.15, 0.2) is 60.7 Å². The van der Waals surface area contributed by atoms with E-state index in [-0.39, 0.29) is 35.6 Å². The molecule has 2 heterocycles. The van der Waals surface area contributed by atoms with Crippen LogP contribution in [0.1, 0.15) is 55.3 Å². The van der Waals surface area contributed by atoms with Crippen LogP contribution in [-0.4, -0.2) is 120 Å². The monoisotopic (exact) mass is 816 g/mol. The van der Waals surface area contributed by atoms with Gasteiger partial charge >= 0.3 is 0 Å². The normalized spacial score (nSPS) is 14.8. The second kappa shape index (κ2) is 16.9. The van der Waals surface area contributed by atoms with Crippen molar-refractivity contribution in [2.45, 2.75) is 25.9 Å². The summed E-state index contributed by atoms with van der Waals surface area (Å²) in [6, 6.07) is 13.7. The van der Waals surface area contributed by atoms with Gasteiger partial charge in [-0.25, -0.2) is 0 Å². The van der Waals surface area contributed by atoms with Gasteiger partial charge in [-0.1, -0.05) is 24.3 Å². The number of non-ortho nitro benzene ring substituents is 2. The Balaban J connectivity index is 0.000000620. The number of carbonyl (C=O) groups is 4. The molecular weight excluding hydrogens is 781 g/mol. The lowest BCUT2D eigenvalue weighted by Gasteiger charge is -2.32. The number of carbonyl (C=O) groups excluding carboxylic acids is 4. The molecule has 4 N–H and O–H groups in total. The van der Waals surface area contributed by atoms with Crippen LogP contribution in [0, 0.1) is 20.2 Å². The van der Waals surface area contributed by atoms with E-state index in [1.54, 1.807) is 50.2 Å². The fourth-order valence-electron chi connectivity index (χ4n) is 6.21. The fourth-order valence-corrected chi connectivity index (χ4v) is 6.21. The molecule has 6 rings (SSSR count). The molecule has 298 valence electrons. The lowest BCUT2D eigenvalue weighted by atomic mass is 9.92. The molecule has 56 heavy (non-hydrogen) atoms. The van der Waals surface area contributed by atoms with Crippen LogP contribution in [0.3, 0.4) is 0 Å². The van der Waals surface area contributed by atoms with Crippen molar-refractivity contribution >= 4 is 76.8 Å². The quantitative estimate of drug-likeness (QED) is 0.0556. The van der Waals surface area contributed by atoms with Gasteiger partial charge in [-0.05, 0) is 36.8 Å². The second-order valence-corrected chi connectivity index (χ2v) is 15.8. The zero-order valence-electron chi connectivity index (χ0n) is 30.2. The standard InChI is InChI=1S/C32H28N6O8.2CH4O3S/c1-17(35-29(39)23-7-3-5-19-11-21(37(43)44)13-25(27(19)23)31(35)41)15-33-9-10-34-16-18(2)36-30(40)24-8-4-6-20-12-22(38(45)46)14-26(28(20)24)32(36)42;2*1-5(2,3)4/h3-8,11-14,17-18,33-34H,9-10,15-16H2,1-2H3;2*1H3,(H,2,3,4)/t17-,18-;;/m1../s1. The van der Waals surface area contributed by atoms with E-state index in [4.69, 9.17) is 9.11 Å². The van der Waals surface area contributed by atoms with Crippen molar-refractivity contribution in [2.75, 3.05) is 38.7 Å². The lowest BCUT2D eigenvalue weighted by molar-refractivity contribution is -0.384. The molecule has 4 aromatic carbocycles. The van der Waals surface area contributed by atoms with E-state index in [2.05, 4.69) is 10.6 Å². The van der Waals surface area contributed by atoms with Crippen LogP contribution in [0.2, 0.25) is 0 Å². The van der Waals surface area contributed by atoms with Gasteiger partial charge in [0, 0.05) is 84.4 Å². The van der Waals surface area contributed by atoms with Gasteiger partial charge in [0.25, 0.3) is 55.2 Å². The minimum absolute atomic E-state index is 0.108. The van der Waals surface area contributed by atoms with Gasteiger partial charge in [0.2, 0.25) is 0 Å². The third-order valence-electron chi connectivity index (χ3n) is 8.38. The average Bonchev–Trinajstić information content (AvgIpc) is 3.09. The smallest absolute Gasteiger partial charge is 0.270 e. The van der Waals surface area contributed by atoms with E-state index in [1.807, 2.05) is 0 Å². The molecule has 0 aromatic heterocycles. The minimum Gasteiger partial charge on any atom is -0.313 e. The Hall–Kier alpha value is -5.78. The highest BCUT2D eigenvalue weighted by Crippen LogP contribution is 2.35. The number of benzene rings is 4. The number of nitro benzene ring substituents is 2. The number of nitro groups is 2. The van der Waals surface area contributed by atoms with Gasteiger partial charge in [-0.2, -0.15) is 16.8 Å². The first-order chi connectivity index (χ1) is 26.0. The van der Waals surface area contributed by atoms with Crippen LogP contribution >= 0.6 is 0 Å². The van der Waals surface area contributed by atoms with Gasteiger partial charge < -0.3 is 10.6 Å². The van der Waals surface area contributed by atoms with E-state index in [1.165, 1.54) is 24.3 Å². The van der Waals surface area contributed by atoms with E-state index in [0.717, 1.165) is 9.80 Å². The third kappa shape index (κ3) is 10.1. The zero-order valence-corrected chi connectivity index (χ0v) is 31.8. The fraction of sp³-hybridized carbons (Fsp3) is 0.294. The molecular formula is C34H36N6O14S2. The van der Waals surface area contributed by atoms with Crippen LogP contribution in [0.4, 0.5) is 11.4 Å². The Morgan fingerprint density at radius 2 is 0.911 bits per heavy atom. The molecule has 0 fully saturated rings. The summed E-state index contributed by atoms with van der Waals surface area (Å²) in [7, 11) is -7.33. The highest BCUT2D eigenvalue weighted by atomic mass is 32.2. The number of nitrogens with zero attached hydrogens (tertiary/aromatic N) is 4. The van der Waals surface area contributed by atoms with Gasteiger partial charge in [0.15, 0.2) is 0 Å². The molecule has 0 bridgehead atoms. The van der Waals surface area contributed by atoms with E-state index in [9.17, 15) is 56.2 Å². The van der Waals surface area contributed by atoms with Gasteiger partial charge in [0.05, 0.1) is 33.5 Å². The molecule has 2 atom stereocenters. The molecule has 0 saturated carbocycles. The molecule has 4 amide bonds. The minimum atomic E-state index is -3.67. The molecule has 0 radical (unpaired) electrons.